The van der Waals surface area contributed by atoms with Crippen molar-refractivity contribution in [2.75, 3.05) is 11.5 Å². The Balaban J connectivity index is 1.97. The van der Waals surface area contributed by atoms with E-state index < -0.39 is 29.4 Å². The van der Waals surface area contributed by atoms with Crippen molar-refractivity contribution in [3.63, 3.8) is 0 Å². The summed E-state index contributed by atoms with van der Waals surface area (Å²) in [6, 6.07) is 1.50. The Hall–Kier alpha value is -1.96. The summed E-state index contributed by atoms with van der Waals surface area (Å²) in [6.45, 7) is 5.98. The molecular formula is C19H25F3N2O3. The van der Waals surface area contributed by atoms with E-state index >= 15 is 0 Å². The average molecular weight is 386 g/mol. The van der Waals surface area contributed by atoms with Gasteiger partial charge in [-0.25, -0.2) is 4.79 Å². The van der Waals surface area contributed by atoms with Crippen LogP contribution in [0.15, 0.2) is 12.1 Å². The second-order valence-corrected chi connectivity index (χ2v) is 8.10. The molecule has 2 aliphatic rings. The lowest BCUT2D eigenvalue weighted by molar-refractivity contribution is -0.137. The second kappa shape index (κ2) is 6.89. The molecule has 0 aromatic heterocycles. The summed E-state index contributed by atoms with van der Waals surface area (Å²) >= 11 is 0. The Kier molecular flexibility index (Phi) is 5.05. The van der Waals surface area contributed by atoms with Crippen molar-refractivity contribution in [2.45, 2.75) is 64.4 Å². The molecule has 1 aliphatic heterocycles. The molecule has 0 bridgehead atoms. The summed E-state index contributed by atoms with van der Waals surface area (Å²) in [5, 5.41) is 12.6. The smallest absolute Gasteiger partial charge is 0.418 e. The molecule has 1 saturated carbocycles. The van der Waals surface area contributed by atoms with Crippen LogP contribution in [0.5, 0.6) is 5.75 Å². The highest BCUT2D eigenvalue weighted by Crippen LogP contribution is 2.46. The number of aliphatic hydroxyl groups is 1. The third kappa shape index (κ3) is 4.15. The SMILES string of the molecule is CC(C)CCOc1cc2c(c(C(F)(F)F)c1)N(C1CC(C)(O)C1)C(=O)NC2. The van der Waals surface area contributed by atoms with Crippen LogP contribution in [-0.2, 0) is 12.7 Å². The second-order valence-electron chi connectivity index (χ2n) is 8.10. The molecular weight excluding hydrogens is 361 g/mol. The molecule has 1 aliphatic carbocycles. The fourth-order valence-electron chi connectivity index (χ4n) is 3.64. The number of hydrogen-bond acceptors (Lipinski definition) is 3. The minimum atomic E-state index is -4.62. The van der Waals surface area contributed by atoms with Crippen LogP contribution < -0.4 is 15.0 Å². The van der Waals surface area contributed by atoms with Crippen LogP contribution in [-0.4, -0.2) is 29.4 Å². The number of nitrogens with zero attached hydrogens (tertiary/aromatic N) is 1. The van der Waals surface area contributed by atoms with Crippen molar-refractivity contribution >= 4 is 11.7 Å². The first-order valence-electron chi connectivity index (χ1n) is 9.14. The standard InChI is InChI=1S/C19H25F3N2O3/c1-11(2)4-5-27-14-6-12-10-23-17(25)24(13-8-18(3,26)9-13)16(12)15(7-14)19(20,21)22/h6-7,11,13,26H,4-5,8-10H2,1-3H3,(H,23,25). The summed E-state index contributed by atoms with van der Waals surface area (Å²) in [5.74, 6) is 0.532. The van der Waals surface area contributed by atoms with Gasteiger partial charge in [-0.15, -0.1) is 0 Å². The van der Waals surface area contributed by atoms with Gasteiger partial charge in [0.25, 0.3) is 0 Å². The number of rotatable bonds is 5. The summed E-state index contributed by atoms with van der Waals surface area (Å²) in [6.07, 6.45) is -3.41. The van der Waals surface area contributed by atoms with Gasteiger partial charge in [-0.3, -0.25) is 4.90 Å². The summed E-state index contributed by atoms with van der Waals surface area (Å²) in [7, 11) is 0. The van der Waals surface area contributed by atoms with Gasteiger partial charge in [0.15, 0.2) is 0 Å². The van der Waals surface area contributed by atoms with E-state index in [-0.39, 0.29) is 30.8 Å². The zero-order valence-corrected chi connectivity index (χ0v) is 15.7. The van der Waals surface area contributed by atoms with Crippen LogP contribution in [0, 0.1) is 5.92 Å². The summed E-state index contributed by atoms with van der Waals surface area (Å²) in [4.78, 5) is 13.5. The molecule has 2 N–H and O–H groups in total. The minimum Gasteiger partial charge on any atom is -0.494 e. The Morgan fingerprint density at radius 3 is 2.59 bits per heavy atom. The Morgan fingerprint density at radius 2 is 2.04 bits per heavy atom. The van der Waals surface area contributed by atoms with E-state index in [9.17, 15) is 23.1 Å². The van der Waals surface area contributed by atoms with Gasteiger partial charge >= 0.3 is 12.2 Å². The first-order valence-corrected chi connectivity index (χ1v) is 9.14. The number of fused-ring (bicyclic) bond motifs is 1. The normalized spacial score (nSPS) is 25.1. The fourth-order valence-corrected chi connectivity index (χ4v) is 3.64. The molecule has 5 nitrogen and oxygen atoms in total. The zero-order valence-electron chi connectivity index (χ0n) is 15.7. The van der Waals surface area contributed by atoms with Crippen LogP contribution in [0.4, 0.5) is 23.7 Å². The van der Waals surface area contributed by atoms with Crippen LogP contribution in [0.2, 0.25) is 0 Å². The Bertz CT molecular complexity index is 724. The molecule has 1 heterocycles. The Labute approximate surface area is 156 Å². The van der Waals surface area contributed by atoms with Gasteiger partial charge < -0.3 is 15.2 Å². The topological polar surface area (TPSA) is 61.8 Å². The third-order valence-electron chi connectivity index (χ3n) is 5.04. The lowest BCUT2D eigenvalue weighted by Crippen LogP contribution is -2.59. The van der Waals surface area contributed by atoms with E-state index in [1.165, 1.54) is 0 Å². The molecule has 0 spiro atoms. The molecule has 27 heavy (non-hydrogen) atoms. The van der Waals surface area contributed by atoms with Gasteiger partial charge in [0.2, 0.25) is 0 Å². The van der Waals surface area contributed by atoms with E-state index in [1.54, 1.807) is 13.0 Å². The van der Waals surface area contributed by atoms with E-state index in [4.69, 9.17) is 4.74 Å². The number of carbonyl (C=O) groups is 1. The minimum absolute atomic E-state index is 0.0121. The molecule has 1 aromatic carbocycles. The van der Waals surface area contributed by atoms with Crippen molar-refractivity contribution in [3.8, 4) is 5.75 Å². The Morgan fingerprint density at radius 1 is 1.37 bits per heavy atom. The molecule has 2 amide bonds. The van der Waals surface area contributed by atoms with Gasteiger partial charge in [0.05, 0.1) is 23.5 Å². The summed E-state index contributed by atoms with van der Waals surface area (Å²) < 4.78 is 46.9. The fraction of sp³-hybridized carbons (Fsp3) is 0.632. The number of alkyl halides is 3. The van der Waals surface area contributed by atoms with Crippen LogP contribution in [0.1, 0.15) is 51.2 Å². The van der Waals surface area contributed by atoms with E-state index in [0.29, 0.717) is 18.1 Å². The molecule has 150 valence electrons. The first kappa shape index (κ1) is 19.8. The molecule has 3 rings (SSSR count). The van der Waals surface area contributed by atoms with Gasteiger partial charge in [0.1, 0.15) is 5.75 Å². The van der Waals surface area contributed by atoms with Gasteiger partial charge in [-0.2, -0.15) is 13.2 Å². The van der Waals surface area contributed by atoms with Crippen LogP contribution >= 0.6 is 0 Å². The number of hydrogen-bond donors (Lipinski definition) is 2. The number of nitrogens with one attached hydrogen (secondary N) is 1. The monoisotopic (exact) mass is 386 g/mol. The van der Waals surface area contributed by atoms with Crippen LogP contribution in [0.25, 0.3) is 0 Å². The number of halogens is 3. The van der Waals surface area contributed by atoms with Crippen molar-refractivity contribution in [3.05, 3.63) is 23.3 Å². The lowest BCUT2D eigenvalue weighted by atomic mass is 9.76. The van der Waals surface area contributed by atoms with Crippen LogP contribution in [0.3, 0.4) is 0 Å². The number of anilines is 1. The molecule has 0 saturated heterocycles. The average Bonchev–Trinajstić information content (AvgIpc) is 2.51. The van der Waals surface area contributed by atoms with Gasteiger partial charge in [0, 0.05) is 12.6 Å². The van der Waals surface area contributed by atoms with Crippen molar-refractivity contribution in [2.24, 2.45) is 5.92 Å². The largest absolute Gasteiger partial charge is 0.494 e. The number of benzene rings is 1. The number of carbonyl (C=O) groups excluding carboxylic acids is 1. The zero-order chi connectivity index (χ0) is 20.0. The summed E-state index contributed by atoms with van der Waals surface area (Å²) in [5.41, 5.74) is -1.58. The van der Waals surface area contributed by atoms with Crippen molar-refractivity contribution in [1.29, 1.82) is 0 Å². The molecule has 0 radical (unpaired) electrons. The van der Waals surface area contributed by atoms with Crippen molar-refractivity contribution < 1.29 is 27.8 Å². The van der Waals surface area contributed by atoms with E-state index in [1.807, 2.05) is 13.8 Å². The molecule has 8 heteroatoms. The molecule has 1 fully saturated rings. The maximum atomic E-state index is 13.8. The van der Waals surface area contributed by atoms with Gasteiger partial charge in [-0.1, -0.05) is 13.8 Å². The maximum absolute atomic E-state index is 13.8. The molecule has 0 unspecified atom stereocenters. The highest BCUT2D eigenvalue weighted by atomic mass is 19.4. The van der Waals surface area contributed by atoms with Crippen molar-refractivity contribution in [1.82, 2.24) is 5.32 Å². The van der Waals surface area contributed by atoms with E-state index in [0.717, 1.165) is 17.4 Å². The lowest BCUT2D eigenvalue weighted by Gasteiger charge is -2.48. The highest BCUT2D eigenvalue weighted by Gasteiger charge is 2.48. The molecule has 0 atom stereocenters. The quantitative estimate of drug-likeness (QED) is 0.802. The number of amides is 2. The van der Waals surface area contributed by atoms with Gasteiger partial charge in [-0.05, 0) is 49.8 Å². The highest BCUT2D eigenvalue weighted by molar-refractivity contribution is 5.97. The van der Waals surface area contributed by atoms with E-state index in [2.05, 4.69) is 5.32 Å². The maximum Gasteiger partial charge on any atom is 0.418 e. The third-order valence-corrected chi connectivity index (χ3v) is 5.04. The number of ether oxygens (including phenoxy) is 1. The first-order chi connectivity index (χ1) is 12.5. The predicted octanol–water partition coefficient (Wildman–Crippen LogP) is 4.07. The number of urea groups is 1. The molecule has 1 aromatic rings. The predicted molar refractivity (Wildman–Crippen MR) is 94.8 cm³/mol.